The third kappa shape index (κ3) is 5.06. The van der Waals surface area contributed by atoms with Gasteiger partial charge in [0.1, 0.15) is 5.75 Å². The highest BCUT2D eigenvalue weighted by Gasteiger charge is 2.08. The van der Waals surface area contributed by atoms with Gasteiger partial charge in [0, 0.05) is 40.8 Å². The summed E-state index contributed by atoms with van der Waals surface area (Å²) in [5.74, 6) is -0.203. The number of aryl methyl sites for hydroxylation is 1. The first kappa shape index (κ1) is 20.7. The molecule has 2 amide bonds. The topological polar surface area (TPSA) is 96.2 Å². The highest BCUT2D eigenvalue weighted by molar-refractivity contribution is 5.99. The third-order valence-electron chi connectivity index (χ3n) is 4.42. The standard InChI is InChI=1S/C23H22N4O3/c1-2-30-19-11-8-17(9-12-19)23(29)26-25-22(28)13-10-18-16-27(15-5-14-24)21-7-4-3-6-20(18)21/h3-4,6-13,16H,2,5,15H2,1H3,(H,25,28)(H,26,29)/b13-10+. The molecule has 3 aromatic rings. The van der Waals surface area contributed by atoms with Crippen LogP contribution in [0.1, 0.15) is 29.3 Å². The Bertz CT molecular complexity index is 1110. The number of hydrogen-bond donors (Lipinski definition) is 2. The van der Waals surface area contributed by atoms with E-state index >= 15 is 0 Å². The SMILES string of the molecule is CCOc1ccc(C(=O)NNC(=O)/C=C/c2cn(CCC#N)c3ccccc23)cc1. The van der Waals surface area contributed by atoms with Crippen molar-refractivity contribution in [2.24, 2.45) is 0 Å². The van der Waals surface area contributed by atoms with Crippen LogP contribution in [0.5, 0.6) is 5.75 Å². The second kappa shape index (κ2) is 9.94. The van der Waals surface area contributed by atoms with Crippen molar-refractivity contribution in [3.63, 3.8) is 0 Å². The van der Waals surface area contributed by atoms with Gasteiger partial charge in [0.15, 0.2) is 0 Å². The molecule has 3 rings (SSSR count). The molecule has 0 spiro atoms. The summed E-state index contributed by atoms with van der Waals surface area (Å²) in [6.45, 7) is 3.01. The van der Waals surface area contributed by atoms with Crippen LogP contribution in [0.4, 0.5) is 0 Å². The largest absolute Gasteiger partial charge is 0.494 e. The quantitative estimate of drug-likeness (QED) is 0.467. The minimum atomic E-state index is -0.455. The molecule has 7 nitrogen and oxygen atoms in total. The second-order valence-corrected chi connectivity index (χ2v) is 6.44. The number of aromatic nitrogens is 1. The summed E-state index contributed by atoms with van der Waals surface area (Å²) in [5.41, 5.74) is 7.02. The monoisotopic (exact) mass is 402 g/mol. The molecule has 2 N–H and O–H groups in total. The molecule has 0 aliphatic rings. The lowest BCUT2D eigenvalue weighted by molar-refractivity contribution is -0.117. The van der Waals surface area contributed by atoms with Gasteiger partial charge in [-0.3, -0.25) is 20.4 Å². The first-order chi connectivity index (χ1) is 14.6. The highest BCUT2D eigenvalue weighted by atomic mass is 16.5. The van der Waals surface area contributed by atoms with Gasteiger partial charge in [0.2, 0.25) is 0 Å². The Morgan fingerprint density at radius 2 is 1.90 bits per heavy atom. The van der Waals surface area contributed by atoms with Crippen molar-refractivity contribution in [2.75, 3.05) is 6.61 Å². The average molecular weight is 402 g/mol. The smallest absolute Gasteiger partial charge is 0.269 e. The molecule has 7 heteroatoms. The molecule has 1 heterocycles. The molecule has 0 bridgehead atoms. The summed E-state index contributed by atoms with van der Waals surface area (Å²) >= 11 is 0. The van der Waals surface area contributed by atoms with Crippen LogP contribution in [0, 0.1) is 11.3 Å². The van der Waals surface area contributed by atoms with Gasteiger partial charge in [0.05, 0.1) is 19.1 Å². The summed E-state index contributed by atoms with van der Waals surface area (Å²) < 4.78 is 7.33. The molecule has 1 aromatic heterocycles. The van der Waals surface area contributed by atoms with Gasteiger partial charge in [-0.15, -0.1) is 0 Å². The highest BCUT2D eigenvalue weighted by Crippen LogP contribution is 2.22. The number of hydrazine groups is 1. The Kier molecular flexibility index (Phi) is 6.85. The molecule has 0 radical (unpaired) electrons. The number of carbonyl (C=O) groups excluding carboxylic acids is 2. The minimum absolute atomic E-state index is 0.403. The molecular weight excluding hydrogens is 380 g/mol. The van der Waals surface area contributed by atoms with Crippen molar-refractivity contribution in [1.82, 2.24) is 15.4 Å². The number of rotatable bonds is 7. The number of para-hydroxylation sites is 1. The van der Waals surface area contributed by atoms with Gasteiger partial charge in [-0.05, 0) is 43.3 Å². The van der Waals surface area contributed by atoms with Gasteiger partial charge in [0.25, 0.3) is 11.8 Å². The maximum absolute atomic E-state index is 12.2. The Hall–Kier alpha value is -4.05. The maximum atomic E-state index is 12.2. The zero-order valence-corrected chi connectivity index (χ0v) is 16.6. The molecule has 0 unspecified atom stereocenters. The van der Waals surface area contributed by atoms with Crippen molar-refractivity contribution >= 4 is 28.8 Å². The summed E-state index contributed by atoms with van der Waals surface area (Å²) in [4.78, 5) is 24.3. The van der Waals surface area contributed by atoms with Crippen molar-refractivity contribution < 1.29 is 14.3 Å². The molecule has 0 fully saturated rings. The zero-order valence-electron chi connectivity index (χ0n) is 16.6. The number of nitrogens with zero attached hydrogens (tertiary/aromatic N) is 2. The Labute approximate surface area is 174 Å². The predicted octanol–water partition coefficient (Wildman–Crippen LogP) is 3.43. The van der Waals surface area contributed by atoms with E-state index in [0.29, 0.717) is 30.9 Å². The second-order valence-electron chi connectivity index (χ2n) is 6.44. The van der Waals surface area contributed by atoms with E-state index in [4.69, 9.17) is 10.00 Å². The number of carbonyl (C=O) groups is 2. The normalized spacial score (nSPS) is 10.7. The number of nitriles is 1. The van der Waals surface area contributed by atoms with Crippen LogP contribution < -0.4 is 15.6 Å². The molecule has 0 saturated heterocycles. The summed E-state index contributed by atoms with van der Waals surface area (Å²) in [6, 6.07) is 16.6. The molecule has 30 heavy (non-hydrogen) atoms. The van der Waals surface area contributed by atoms with Crippen molar-refractivity contribution in [3.05, 3.63) is 71.9 Å². The van der Waals surface area contributed by atoms with Crippen LogP contribution in [-0.4, -0.2) is 23.0 Å². The van der Waals surface area contributed by atoms with Crippen LogP contribution in [0.25, 0.3) is 17.0 Å². The number of benzene rings is 2. The lowest BCUT2D eigenvalue weighted by atomic mass is 10.1. The minimum Gasteiger partial charge on any atom is -0.494 e. The van der Waals surface area contributed by atoms with Gasteiger partial charge >= 0.3 is 0 Å². The van der Waals surface area contributed by atoms with Crippen LogP contribution in [0.15, 0.2) is 60.8 Å². The Balaban J connectivity index is 1.62. The fourth-order valence-corrected chi connectivity index (χ4v) is 3.03. The lowest BCUT2D eigenvalue weighted by Gasteiger charge is -2.06. The van der Waals surface area contributed by atoms with E-state index < -0.39 is 11.8 Å². The van der Waals surface area contributed by atoms with E-state index in [1.807, 2.05) is 42.0 Å². The van der Waals surface area contributed by atoms with Crippen LogP contribution >= 0.6 is 0 Å². The van der Waals surface area contributed by atoms with Gasteiger partial charge in [-0.25, -0.2) is 0 Å². The van der Waals surface area contributed by atoms with Crippen molar-refractivity contribution in [2.45, 2.75) is 19.9 Å². The molecule has 0 atom stereocenters. The Morgan fingerprint density at radius 1 is 1.13 bits per heavy atom. The number of fused-ring (bicyclic) bond motifs is 1. The van der Waals surface area contributed by atoms with E-state index in [2.05, 4.69) is 16.9 Å². The molecule has 152 valence electrons. The first-order valence-corrected chi connectivity index (χ1v) is 9.58. The summed E-state index contributed by atoms with van der Waals surface area (Å²) in [7, 11) is 0. The molecular formula is C23H22N4O3. The first-order valence-electron chi connectivity index (χ1n) is 9.58. The molecule has 0 saturated carbocycles. The lowest BCUT2D eigenvalue weighted by Crippen LogP contribution is -2.40. The zero-order chi connectivity index (χ0) is 21.3. The van der Waals surface area contributed by atoms with E-state index in [-0.39, 0.29) is 0 Å². The Morgan fingerprint density at radius 3 is 2.63 bits per heavy atom. The van der Waals surface area contributed by atoms with Crippen LogP contribution in [0.2, 0.25) is 0 Å². The van der Waals surface area contributed by atoms with Crippen LogP contribution in [-0.2, 0) is 11.3 Å². The fraction of sp³-hybridized carbons (Fsp3) is 0.174. The van der Waals surface area contributed by atoms with E-state index in [9.17, 15) is 9.59 Å². The number of hydrogen-bond acceptors (Lipinski definition) is 4. The third-order valence-corrected chi connectivity index (χ3v) is 4.42. The molecule has 0 aliphatic heterocycles. The van der Waals surface area contributed by atoms with E-state index in [1.54, 1.807) is 30.3 Å². The van der Waals surface area contributed by atoms with Crippen molar-refractivity contribution in [1.29, 1.82) is 5.26 Å². The number of ether oxygens (including phenoxy) is 1. The van der Waals surface area contributed by atoms with Gasteiger partial charge < -0.3 is 9.30 Å². The van der Waals surface area contributed by atoms with E-state index in [0.717, 1.165) is 16.5 Å². The van der Waals surface area contributed by atoms with E-state index in [1.165, 1.54) is 6.08 Å². The molecule has 0 aliphatic carbocycles. The summed E-state index contributed by atoms with van der Waals surface area (Å²) in [5, 5.41) is 9.82. The average Bonchev–Trinajstić information content (AvgIpc) is 3.13. The van der Waals surface area contributed by atoms with Gasteiger partial charge in [-0.2, -0.15) is 5.26 Å². The fourth-order valence-electron chi connectivity index (χ4n) is 3.03. The van der Waals surface area contributed by atoms with Crippen LogP contribution in [0.3, 0.4) is 0 Å². The van der Waals surface area contributed by atoms with Crippen molar-refractivity contribution in [3.8, 4) is 11.8 Å². The maximum Gasteiger partial charge on any atom is 0.269 e. The summed E-state index contributed by atoms with van der Waals surface area (Å²) in [6.07, 6.45) is 5.35. The number of amides is 2. The molecule has 2 aromatic carbocycles. The number of nitrogens with one attached hydrogen (secondary N) is 2. The van der Waals surface area contributed by atoms with Gasteiger partial charge in [-0.1, -0.05) is 18.2 Å². The predicted molar refractivity (Wildman–Crippen MR) is 114 cm³/mol.